The van der Waals surface area contributed by atoms with Crippen LogP contribution in [0.2, 0.25) is 0 Å². The van der Waals surface area contributed by atoms with Gasteiger partial charge >= 0.3 is 0 Å². The number of benzene rings is 2. The Morgan fingerprint density at radius 1 is 1.00 bits per heavy atom. The van der Waals surface area contributed by atoms with Gasteiger partial charge in [-0.15, -0.1) is 0 Å². The lowest BCUT2D eigenvalue weighted by atomic mass is 10.0. The average molecular weight is 267 g/mol. The third-order valence-electron chi connectivity index (χ3n) is 4.88. The van der Waals surface area contributed by atoms with Gasteiger partial charge in [0.15, 0.2) is 0 Å². The van der Waals surface area contributed by atoms with Gasteiger partial charge in [-0.05, 0) is 41.2 Å². The van der Waals surface area contributed by atoms with Crippen LogP contribution in [-0.2, 0) is 4.74 Å². The summed E-state index contributed by atoms with van der Waals surface area (Å²) in [6.07, 6.45) is 4.19. The van der Waals surface area contributed by atoms with Crippen LogP contribution in [-0.4, -0.2) is 19.2 Å². The third kappa shape index (κ3) is 2.23. The summed E-state index contributed by atoms with van der Waals surface area (Å²) in [5.74, 6) is 0.723. The van der Waals surface area contributed by atoms with Gasteiger partial charge in [-0.1, -0.05) is 42.8 Å². The van der Waals surface area contributed by atoms with Gasteiger partial charge in [0.05, 0.1) is 12.7 Å². The van der Waals surface area contributed by atoms with Crippen molar-refractivity contribution in [2.45, 2.75) is 31.4 Å². The monoisotopic (exact) mass is 267 g/mol. The Hall–Kier alpha value is -1.38. The van der Waals surface area contributed by atoms with Crippen LogP contribution in [0, 0.1) is 5.92 Å². The van der Waals surface area contributed by atoms with E-state index in [2.05, 4.69) is 47.8 Å². The van der Waals surface area contributed by atoms with Crippen LogP contribution >= 0.6 is 0 Å². The van der Waals surface area contributed by atoms with Crippen LogP contribution in [0.1, 0.15) is 30.9 Å². The van der Waals surface area contributed by atoms with Gasteiger partial charge in [0.1, 0.15) is 0 Å². The molecule has 1 N–H and O–H groups in total. The van der Waals surface area contributed by atoms with E-state index in [0.29, 0.717) is 6.04 Å². The molecule has 0 amide bonds. The minimum absolute atomic E-state index is 0.199. The number of ether oxygens (including phenoxy) is 1. The zero-order valence-electron chi connectivity index (χ0n) is 11.7. The van der Waals surface area contributed by atoms with Crippen molar-refractivity contribution >= 4 is 10.8 Å². The normalized spacial score (nSPS) is 30.1. The Morgan fingerprint density at radius 2 is 1.90 bits per heavy atom. The Bertz CT molecular complexity index is 595. The van der Waals surface area contributed by atoms with Crippen molar-refractivity contribution < 1.29 is 4.74 Å². The molecule has 0 bridgehead atoms. The summed E-state index contributed by atoms with van der Waals surface area (Å²) in [6, 6.07) is 15.9. The van der Waals surface area contributed by atoms with E-state index in [1.807, 2.05) is 0 Å². The Balaban J connectivity index is 1.59. The molecule has 0 aromatic heterocycles. The molecule has 2 aromatic rings. The summed E-state index contributed by atoms with van der Waals surface area (Å²) >= 11 is 0. The highest BCUT2D eigenvalue weighted by Gasteiger charge is 2.31. The van der Waals surface area contributed by atoms with Crippen LogP contribution in [0.15, 0.2) is 42.5 Å². The van der Waals surface area contributed by atoms with Gasteiger partial charge in [-0.2, -0.15) is 0 Å². The second-order valence-corrected chi connectivity index (χ2v) is 6.13. The first kappa shape index (κ1) is 12.4. The minimum Gasteiger partial charge on any atom is -0.372 e. The highest BCUT2D eigenvalue weighted by Crippen LogP contribution is 2.31. The third-order valence-corrected chi connectivity index (χ3v) is 4.88. The Labute approximate surface area is 120 Å². The maximum Gasteiger partial charge on any atom is 0.0949 e. The number of nitrogens with one attached hydrogen (secondary N) is 1. The van der Waals surface area contributed by atoms with Crippen molar-refractivity contribution in [3.05, 3.63) is 48.0 Å². The van der Waals surface area contributed by atoms with Gasteiger partial charge in [0, 0.05) is 12.6 Å². The minimum atomic E-state index is 0.199. The molecule has 1 heterocycles. The van der Waals surface area contributed by atoms with E-state index in [-0.39, 0.29) is 6.10 Å². The van der Waals surface area contributed by atoms with E-state index in [4.69, 9.17) is 4.74 Å². The van der Waals surface area contributed by atoms with Crippen LogP contribution in [0.5, 0.6) is 0 Å². The molecule has 0 spiro atoms. The molecule has 2 nitrogen and oxygen atoms in total. The number of hydrogen-bond donors (Lipinski definition) is 1. The van der Waals surface area contributed by atoms with Gasteiger partial charge < -0.3 is 10.1 Å². The molecule has 1 aliphatic heterocycles. The van der Waals surface area contributed by atoms with Crippen LogP contribution in [0.4, 0.5) is 0 Å². The van der Waals surface area contributed by atoms with E-state index >= 15 is 0 Å². The largest absolute Gasteiger partial charge is 0.372 e. The molecule has 1 aliphatic carbocycles. The lowest BCUT2D eigenvalue weighted by Gasteiger charge is -2.17. The first-order chi connectivity index (χ1) is 9.90. The molecular weight excluding hydrogens is 246 g/mol. The summed E-state index contributed by atoms with van der Waals surface area (Å²) in [7, 11) is 0. The highest BCUT2D eigenvalue weighted by molar-refractivity contribution is 5.83. The summed E-state index contributed by atoms with van der Waals surface area (Å²) < 4.78 is 6.19. The predicted octanol–water partition coefficient (Wildman–Crippen LogP) is 3.67. The maximum absolute atomic E-state index is 6.19. The zero-order valence-corrected chi connectivity index (χ0v) is 11.7. The molecule has 20 heavy (non-hydrogen) atoms. The first-order valence-electron chi connectivity index (χ1n) is 7.74. The van der Waals surface area contributed by atoms with E-state index in [1.54, 1.807) is 0 Å². The maximum atomic E-state index is 6.19. The second-order valence-electron chi connectivity index (χ2n) is 6.13. The summed E-state index contributed by atoms with van der Waals surface area (Å²) in [6.45, 7) is 1.86. The second kappa shape index (κ2) is 5.19. The first-order valence-corrected chi connectivity index (χ1v) is 7.74. The topological polar surface area (TPSA) is 21.3 Å². The highest BCUT2D eigenvalue weighted by atomic mass is 16.5. The van der Waals surface area contributed by atoms with Gasteiger partial charge in [-0.25, -0.2) is 0 Å². The van der Waals surface area contributed by atoms with E-state index in [0.717, 1.165) is 19.1 Å². The fourth-order valence-corrected chi connectivity index (χ4v) is 3.68. The molecule has 2 fully saturated rings. The molecule has 4 rings (SSSR count). The molecule has 0 radical (unpaired) electrons. The lowest BCUT2D eigenvalue weighted by molar-refractivity contribution is 0.0474. The molecule has 1 saturated heterocycles. The molecule has 1 saturated carbocycles. The molecular formula is C18H21NO. The van der Waals surface area contributed by atoms with Crippen LogP contribution < -0.4 is 5.32 Å². The number of fused-ring (bicyclic) bond motifs is 2. The Morgan fingerprint density at radius 3 is 2.85 bits per heavy atom. The van der Waals surface area contributed by atoms with Crippen molar-refractivity contribution in [1.29, 1.82) is 0 Å². The van der Waals surface area contributed by atoms with Crippen molar-refractivity contribution in [2.75, 3.05) is 13.2 Å². The molecule has 3 atom stereocenters. The fourth-order valence-electron chi connectivity index (χ4n) is 3.68. The molecule has 2 aromatic carbocycles. The molecule has 2 aliphatic rings. The number of rotatable bonds is 1. The average Bonchev–Trinajstić information content (AvgIpc) is 2.85. The van der Waals surface area contributed by atoms with Crippen molar-refractivity contribution in [1.82, 2.24) is 5.32 Å². The zero-order chi connectivity index (χ0) is 13.4. The van der Waals surface area contributed by atoms with E-state index in [9.17, 15) is 0 Å². The van der Waals surface area contributed by atoms with E-state index in [1.165, 1.54) is 35.6 Å². The van der Waals surface area contributed by atoms with Crippen LogP contribution in [0.25, 0.3) is 10.8 Å². The van der Waals surface area contributed by atoms with E-state index < -0.39 is 0 Å². The smallest absolute Gasteiger partial charge is 0.0949 e. The van der Waals surface area contributed by atoms with Gasteiger partial charge in [0.2, 0.25) is 0 Å². The fraction of sp³-hybridized carbons (Fsp3) is 0.444. The van der Waals surface area contributed by atoms with Crippen molar-refractivity contribution in [3.8, 4) is 0 Å². The summed E-state index contributed by atoms with van der Waals surface area (Å²) in [5.41, 5.74) is 1.30. The van der Waals surface area contributed by atoms with Crippen LogP contribution in [0.3, 0.4) is 0 Å². The summed E-state index contributed by atoms with van der Waals surface area (Å²) in [4.78, 5) is 0. The number of hydrogen-bond acceptors (Lipinski definition) is 2. The van der Waals surface area contributed by atoms with Gasteiger partial charge in [0.25, 0.3) is 0 Å². The Kier molecular flexibility index (Phi) is 3.21. The molecule has 104 valence electrons. The quantitative estimate of drug-likeness (QED) is 0.851. The standard InChI is InChI=1S/C18H21NO/c1-2-5-14-10-15(9-8-13(14)4-1)18-11-19-17-7-3-6-16(17)12-20-18/h1-2,4-5,8-10,16-19H,3,6-7,11-12H2. The predicted molar refractivity (Wildman–Crippen MR) is 81.8 cm³/mol. The lowest BCUT2D eigenvalue weighted by Crippen LogP contribution is -2.32. The van der Waals surface area contributed by atoms with Crippen molar-refractivity contribution in [3.63, 3.8) is 0 Å². The molecule has 2 heteroatoms. The SMILES string of the molecule is c1ccc2cc(C3CNC4CCCC4CO3)ccc2c1. The van der Waals surface area contributed by atoms with Gasteiger partial charge in [-0.3, -0.25) is 0 Å². The van der Waals surface area contributed by atoms with Crippen molar-refractivity contribution in [2.24, 2.45) is 5.92 Å². The summed E-state index contributed by atoms with van der Waals surface area (Å²) in [5, 5.41) is 6.32. The molecule has 3 unspecified atom stereocenters.